The van der Waals surface area contributed by atoms with Gasteiger partial charge in [0.05, 0.1) is 13.2 Å². The predicted octanol–water partition coefficient (Wildman–Crippen LogP) is 1.43. The SMILES string of the molecule is C=CCOCC(NCc1ccccc1)C(=O)O. The number of carboxylic acid groups (broad SMARTS) is 1. The number of nitrogens with one attached hydrogen (secondary N) is 1. The number of benzene rings is 1. The third-order valence-corrected chi connectivity index (χ3v) is 2.21. The molecule has 1 atom stereocenters. The van der Waals surface area contributed by atoms with Crippen LogP contribution in [-0.2, 0) is 16.1 Å². The first kappa shape index (κ1) is 13.4. The Kier molecular flexibility index (Phi) is 5.99. The summed E-state index contributed by atoms with van der Waals surface area (Å²) in [6, 6.07) is 8.94. The van der Waals surface area contributed by atoms with E-state index < -0.39 is 12.0 Å². The van der Waals surface area contributed by atoms with Gasteiger partial charge in [0.2, 0.25) is 0 Å². The Morgan fingerprint density at radius 3 is 2.76 bits per heavy atom. The molecule has 0 bridgehead atoms. The summed E-state index contributed by atoms with van der Waals surface area (Å²) in [6.07, 6.45) is 1.59. The zero-order chi connectivity index (χ0) is 12.5. The van der Waals surface area contributed by atoms with Crippen molar-refractivity contribution in [2.75, 3.05) is 13.2 Å². The van der Waals surface area contributed by atoms with Gasteiger partial charge < -0.3 is 9.84 Å². The molecule has 1 rings (SSSR count). The second kappa shape index (κ2) is 7.60. The molecule has 0 radical (unpaired) electrons. The number of carbonyl (C=O) groups is 1. The monoisotopic (exact) mass is 235 g/mol. The van der Waals surface area contributed by atoms with Crippen LogP contribution < -0.4 is 5.32 Å². The maximum absolute atomic E-state index is 10.9. The van der Waals surface area contributed by atoms with E-state index in [9.17, 15) is 4.79 Å². The van der Waals surface area contributed by atoms with Crippen LogP contribution in [0.15, 0.2) is 43.0 Å². The third-order valence-electron chi connectivity index (χ3n) is 2.21. The average Bonchev–Trinajstić information content (AvgIpc) is 2.34. The summed E-state index contributed by atoms with van der Waals surface area (Å²) in [4.78, 5) is 10.9. The zero-order valence-electron chi connectivity index (χ0n) is 9.63. The van der Waals surface area contributed by atoms with Crippen LogP contribution in [0.5, 0.6) is 0 Å². The third kappa shape index (κ3) is 5.29. The Morgan fingerprint density at radius 1 is 1.47 bits per heavy atom. The summed E-state index contributed by atoms with van der Waals surface area (Å²) in [5.74, 6) is -0.912. The first-order valence-electron chi connectivity index (χ1n) is 5.42. The molecule has 0 heterocycles. The molecular formula is C13H17NO3. The van der Waals surface area contributed by atoms with Gasteiger partial charge in [-0.3, -0.25) is 10.1 Å². The lowest BCUT2D eigenvalue weighted by molar-refractivity contribution is -0.141. The summed E-state index contributed by atoms with van der Waals surface area (Å²) in [6.45, 7) is 4.50. The van der Waals surface area contributed by atoms with Crippen LogP contribution in [0.1, 0.15) is 5.56 Å². The van der Waals surface area contributed by atoms with Crippen molar-refractivity contribution < 1.29 is 14.6 Å². The molecule has 0 aliphatic heterocycles. The maximum Gasteiger partial charge on any atom is 0.323 e. The van der Waals surface area contributed by atoms with Crippen molar-refractivity contribution in [3.05, 3.63) is 48.6 Å². The molecule has 17 heavy (non-hydrogen) atoms. The first-order chi connectivity index (χ1) is 8.24. The van der Waals surface area contributed by atoms with Crippen LogP contribution >= 0.6 is 0 Å². The molecule has 1 aromatic rings. The van der Waals surface area contributed by atoms with Crippen LogP contribution in [0.3, 0.4) is 0 Å². The van der Waals surface area contributed by atoms with Crippen molar-refractivity contribution in [2.45, 2.75) is 12.6 Å². The Balaban J connectivity index is 2.39. The fraction of sp³-hybridized carbons (Fsp3) is 0.308. The van der Waals surface area contributed by atoms with Gasteiger partial charge in [0.15, 0.2) is 0 Å². The van der Waals surface area contributed by atoms with Gasteiger partial charge >= 0.3 is 5.97 Å². The van der Waals surface area contributed by atoms with Gasteiger partial charge in [-0.1, -0.05) is 36.4 Å². The highest BCUT2D eigenvalue weighted by molar-refractivity contribution is 5.73. The highest BCUT2D eigenvalue weighted by Crippen LogP contribution is 1.98. The minimum absolute atomic E-state index is 0.133. The molecular weight excluding hydrogens is 218 g/mol. The number of carboxylic acids is 1. The fourth-order valence-corrected chi connectivity index (χ4v) is 1.32. The zero-order valence-corrected chi connectivity index (χ0v) is 9.63. The quantitative estimate of drug-likeness (QED) is 0.528. The fourth-order valence-electron chi connectivity index (χ4n) is 1.32. The number of ether oxygens (including phenoxy) is 1. The van der Waals surface area contributed by atoms with E-state index in [1.807, 2.05) is 30.3 Å². The van der Waals surface area contributed by atoms with Crippen molar-refractivity contribution in [1.82, 2.24) is 5.32 Å². The molecule has 4 heteroatoms. The first-order valence-corrected chi connectivity index (χ1v) is 5.42. The van der Waals surface area contributed by atoms with E-state index in [0.29, 0.717) is 13.2 Å². The van der Waals surface area contributed by atoms with E-state index in [1.54, 1.807) is 6.08 Å². The summed E-state index contributed by atoms with van der Waals surface area (Å²) < 4.78 is 5.13. The summed E-state index contributed by atoms with van der Waals surface area (Å²) in [5, 5.41) is 11.9. The lowest BCUT2D eigenvalue weighted by Gasteiger charge is -2.14. The molecule has 0 aliphatic rings. The van der Waals surface area contributed by atoms with Crippen molar-refractivity contribution >= 4 is 5.97 Å². The Morgan fingerprint density at radius 2 is 2.18 bits per heavy atom. The predicted molar refractivity (Wildman–Crippen MR) is 65.7 cm³/mol. The van der Waals surface area contributed by atoms with E-state index in [2.05, 4.69) is 11.9 Å². The minimum Gasteiger partial charge on any atom is -0.480 e. The van der Waals surface area contributed by atoms with Gasteiger partial charge in [-0.15, -0.1) is 6.58 Å². The Bertz CT molecular complexity index is 351. The lowest BCUT2D eigenvalue weighted by Crippen LogP contribution is -2.40. The molecule has 92 valence electrons. The van der Waals surface area contributed by atoms with Crippen molar-refractivity contribution in [3.63, 3.8) is 0 Å². The second-order valence-corrected chi connectivity index (χ2v) is 3.58. The number of hydrogen-bond acceptors (Lipinski definition) is 3. The van der Waals surface area contributed by atoms with Crippen LogP contribution in [-0.4, -0.2) is 30.3 Å². The van der Waals surface area contributed by atoms with Crippen LogP contribution in [0, 0.1) is 0 Å². The van der Waals surface area contributed by atoms with Gasteiger partial charge in [-0.05, 0) is 5.56 Å². The van der Waals surface area contributed by atoms with Crippen LogP contribution in [0.2, 0.25) is 0 Å². The Hall–Kier alpha value is -1.65. The molecule has 0 fully saturated rings. The van der Waals surface area contributed by atoms with Gasteiger partial charge in [0, 0.05) is 6.54 Å². The molecule has 0 saturated heterocycles. The number of rotatable bonds is 8. The van der Waals surface area contributed by atoms with E-state index in [-0.39, 0.29) is 6.61 Å². The summed E-state index contributed by atoms with van der Waals surface area (Å²) >= 11 is 0. The smallest absolute Gasteiger partial charge is 0.323 e. The lowest BCUT2D eigenvalue weighted by atomic mass is 10.2. The van der Waals surface area contributed by atoms with Crippen molar-refractivity contribution in [2.24, 2.45) is 0 Å². The van der Waals surface area contributed by atoms with E-state index in [1.165, 1.54) is 0 Å². The number of aliphatic carboxylic acids is 1. The van der Waals surface area contributed by atoms with E-state index in [4.69, 9.17) is 9.84 Å². The van der Waals surface area contributed by atoms with Gasteiger partial charge in [0.1, 0.15) is 6.04 Å². The molecule has 0 aliphatic carbocycles. The topological polar surface area (TPSA) is 58.6 Å². The molecule has 0 saturated carbocycles. The van der Waals surface area contributed by atoms with E-state index >= 15 is 0 Å². The average molecular weight is 235 g/mol. The molecule has 0 aromatic heterocycles. The van der Waals surface area contributed by atoms with E-state index in [0.717, 1.165) is 5.56 Å². The highest BCUT2D eigenvalue weighted by atomic mass is 16.5. The summed E-state index contributed by atoms with van der Waals surface area (Å²) in [7, 11) is 0. The van der Waals surface area contributed by atoms with Crippen molar-refractivity contribution in [3.8, 4) is 0 Å². The molecule has 0 amide bonds. The second-order valence-electron chi connectivity index (χ2n) is 3.58. The van der Waals surface area contributed by atoms with Crippen LogP contribution in [0.4, 0.5) is 0 Å². The standard InChI is InChI=1S/C13H17NO3/c1-2-8-17-10-12(13(15)16)14-9-11-6-4-3-5-7-11/h2-7,12,14H,1,8-10H2,(H,15,16). The Labute approximate surface area is 101 Å². The summed E-state index contributed by atoms with van der Waals surface area (Å²) in [5.41, 5.74) is 1.04. The molecule has 1 aromatic carbocycles. The van der Waals surface area contributed by atoms with Gasteiger partial charge in [0.25, 0.3) is 0 Å². The number of hydrogen-bond donors (Lipinski definition) is 2. The highest BCUT2D eigenvalue weighted by Gasteiger charge is 2.16. The van der Waals surface area contributed by atoms with Crippen molar-refractivity contribution in [1.29, 1.82) is 0 Å². The normalized spacial score (nSPS) is 12.0. The maximum atomic E-state index is 10.9. The molecule has 4 nitrogen and oxygen atoms in total. The molecule has 2 N–H and O–H groups in total. The van der Waals surface area contributed by atoms with Gasteiger partial charge in [-0.2, -0.15) is 0 Å². The van der Waals surface area contributed by atoms with Gasteiger partial charge in [-0.25, -0.2) is 0 Å². The minimum atomic E-state index is -0.912. The molecule has 0 spiro atoms. The van der Waals surface area contributed by atoms with Crippen LogP contribution in [0.25, 0.3) is 0 Å². The molecule has 1 unspecified atom stereocenters. The largest absolute Gasteiger partial charge is 0.480 e.